The molecular weight excluding hydrogens is 258 g/mol. The number of hydrogen-bond donors (Lipinski definition) is 1. The molecule has 2 rings (SSSR count). The van der Waals surface area contributed by atoms with E-state index in [4.69, 9.17) is 11.6 Å². The second-order valence-corrected chi connectivity index (χ2v) is 5.90. The fraction of sp³-hybridized carbons (Fsp3) is 0.800. The van der Waals surface area contributed by atoms with Crippen molar-refractivity contribution in [1.82, 2.24) is 15.1 Å². The molecule has 0 amide bonds. The number of rotatable bonds is 6. The smallest absolute Gasteiger partial charge is 0.0850 e. The molecule has 19 heavy (non-hydrogen) atoms. The summed E-state index contributed by atoms with van der Waals surface area (Å²) in [6, 6.07) is 0.534. The third-order valence-corrected chi connectivity index (χ3v) is 4.88. The third-order valence-electron chi connectivity index (χ3n) is 4.45. The summed E-state index contributed by atoms with van der Waals surface area (Å²) in [5.41, 5.74) is 2.26. The van der Waals surface area contributed by atoms with Crippen LogP contribution in [0.1, 0.15) is 50.9 Å². The van der Waals surface area contributed by atoms with E-state index in [2.05, 4.69) is 36.0 Å². The minimum Gasteiger partial charge on any atom is -0.316 e. The van der Waals surface area contributed by atoms with Gasteiger partial charge in [0.25, 0.3) is 0 Å². The second-order valence-electron chi connectivity index (χ2n) is 5.52. The average molecular weight is 284 g/mol. The molecule has 0 saturated heterocycles. The average Bonchev–Trinajstić information content (AvgIpc) is 3.04. The molecule has 0 bridgehead atoms. The molecule has 108 valence electrons. The minimum atomic E-state index is 0.534. The Morgan fingerprint density at radius 3 is 2.58 bits per heavy atom. The highest BCUT2D eigenvalue weighted by Gasteiger charge is 2.26. The van der Waals surface area contributed by atoms with Gasteiger partial charge in [-0.3, -0.25) is 4.68 Å². The zero-order chi connectivity index (χ0) is 13.8. The molecule has 1 atom stereocenters. The van der Waals surface area contributed by atoms with Crippen LogP contribution in [0.2, 0.25) is 5.02 Å². The Morgan fingerprint density at radius 2 is 2.05 bits per heavy atom. The Morgan fingerprint density at radius 1 is 1.37 bits per heavy atom. The number of halogens is 1. The lowest BCUT2D eigenvalue weighted by atomic mass is 9.94. The number of nitrogens with zero attached hydrogens (tertiary/aromatic N) is 2. The molecule has 3 nitrogen and oxygen atoms in total. The monoisotopic (exact) mass is 283 g/mol. The van der Waals surface area contributed by atoms with Gasteiger partial charge in [0, 0.05) is 19.0 Å². The van der Waals surface area contributed by atoms with Crippen LogP contribution in [0.5, 0.6) is 0 Å². The van der Waals surface area contributed by atoms with E-state index in [1.807, 2.05) is 0 Å². The summed E-state index contributed by atoms with van der Waals surface area (Å²) in [4.78, 5) is 0. The SMILES string of the molecule is CCc1nn(CC)c(CC(NC)C2CCCC2)c1Cl. The molecule has 1 aromatic heterocycles. The summed E-state index contributed by atoms with van der Waals surface area (Å²) < 4.78 is 2.08. The van der Waals surface area contributed by atoms with E-state index in [9.17, 15) is 0 Å². The largest absolute Gasteiger partial charge is 0.316 e. The maximum absolute atomic E-state index is 6.51. The Labute approximate surface area is 121 Å². The summed E-state index contributed by atoms with van der Waals surface area (Å²) in [6.07, 6.45) is 7.37. The highest BCUT2D eigenvalue weighted by atomic mass is 35.5. The first-order valence-electron chi connectivity index (χ1n) is 7.62. The van der Waals surface area contributed by atoms with Crippen LogP contribution in [0.3, 0.4) is 0 Å². The van der Waals surface area contributed by atoms with Crippen LogP contribution in [-0.2, 0) is 19.4 Å². The topological polar surface area (TPSA) is 29.9 Å². The summed E-state index contributed by atoms with van der Waals surface area (Å²) in [7, 11) is 2.07. The van der Waals surface area contributed by atoms with Gasteiger partial charge in [-0.25, -0.2) is 0 Å². The van der Waals surface area contributed by atoms with Crippen molar-refractivity contribution in [2.24, 2.45) is 5.92 Å². The molecule has 1 fully saturated rings. The second kappa shape index (κ2) is 6.76. The molecule has 1 aliphatic rings. The fourth-order valence-corrected chi connectivity index (χ4v) is 3.63. The first kappa shape index (κ1) is 14.9. The molecule has 0 aliphatic heterocycles. The van der Waals surface area contributed by atoms with Gasteiger partial charge in [-0.05, 0) is 39.2 Å². The van der Waals surface area contributed by atoms with Gasteiger partial charge in [0.2, 0.25) is 0 Å². The lowest BCUT2D eigenvalue weighted by molar-refractivity contribution is 0.369. The van der Waals surface area contributed by atoms with Gasteiger partial charge >= 0.3 is 0 Å². The van der Waals surface area contributed by atoms with Crippen molar-refractivity contribution >= 4 is 11.6 Å². The van der Waals surface area contributed by atoms with E-state index in [1.54, 1.807) is 0 Å². The molecule has 1 saturated carbocycles. The third kappa shape index (κ3) is 3.14. The first-order valence-corrected chi connectivity index (χ1v) is 8.00. The van der Waals surface area contributed by atoms with Crippen LogP contribution in [0.4, 0.5) is 0 Å². The van der Waals surface area contributed by atoms with Gasteiger partial charge in [-0.1, -0.05) is 31.4 Å². The highest BCUT2D eigenvalue weighted by molar-refractivity contribution is 6.31. The standard InChI is InChI=1S/C15H26ClN3/c1-4-12-15(16)14(19(5-2)18-12)10-13(17-3)11-8-6-7-9-11/h11,13,17H,4-10H2,1-3H3. The van der Waals surface area contributed by atoms with Crippen molar-refractivity contribution in [3.63, 3.8) is 0 Å². The maximum Gasteiger partial charge on any atom is 0.0850 e. The minimum absolute atomic E-state index is 0.534. The lowest BCUT2D eigenvalue weighted by Crippen LogP contribution is -2.35. The van der Waals surface area contributed by atoms with E-state index in [0.717, 1.165) is 36.0 Å². The zero-order valence-electron chi connectivity index (χ0n) is 12.4. The van der Waals surface area contributed by atoms with Crippen LogP contribution in [0, 0.1) is 5.92 Å². The Bertz CT molecular complexity index is 408. The maximum atomic E-state index is 6.51. The van der Waals surface area contributed by atoms with Crippen LogP contribution >= 0.6 is 11.6 Å². The molecule has 0 radical (unpaired) electrons. The van der Waals surface area contributed by atoms with Gasteiger partial charge in [0.05, 0.1) is 16.4 Å². The van der Waals surface area contributed by atoms with Gasteiger partial charge in [-0.2, -0.15) is 5.10 Å². The molecule has 1 aromatic rings. The van der Waals surface area contributed by atoms with Crippen LogP contribution in [0.25, 0.3) is 0 Å². The Hall–Kier alpha value is -0.540. The zero-order valence-corrected chi connectivity index (χ0v) is 13.1. The summed E-state index contributed by atoms with van der Waals surface area (Å²) in [5.74, 6) is 0.798. The van der Waals surface area contributed by atoms with Crippen molar-refractivity contribution in [3.8, 4) is 0 Å². The molecule has 0 aromatic carbocycles. The van der Waals surface area contributed by atoms with Crippen LogP contribution < -0.4 is 5.32 Å². The van der Waals surface area contributed by atoms with Gasteiger partial charge in [0.15, 0.2) is 0 Å². The normalized spacial score (nSPS) is 18.1. The van der Waals surface area contributed by atoms with E-state index < -0.39 is 0 Å². The molecule has 1 unspecified atom stereocenters. The fourth-order valence-electron chi connectivity index (χ4n) is 3.28. The summed E-state index contributed by atoms with van der Waals surface area (Å²) in [6.45, 7) is 5.15. The van der Waals surface area contributed by atoms with E-state index in [0.29, 0.717) is 6.04 Å². The van der Waals surface area contributed by atoms with Crippen molar-refractivity contribution in [2.75, 3.05) is 7.05 Å². The van der Waals surface area contributed by atoms with Crippen molar-refractivity contribution < 1.29 is 0 Å². The quantitative estimate of drug-likeness (QED) is 0.867. The van der Waals surface area contributed by atoms with E-state index >= 15 is 0 Å². The van der Waals surface area contributed by atoms with Gasteiger partial charge in [-0.15, -0.1) is 0 Å². The first-order chi connectivity index (χ1) is 9.21. The van der Waals surface area contributed by atoms with Crippen molar-refractivity contribution in [1.29, 1.82) is 0 Å². The van der Waals surface area contributed by atoms with Crippen LogP contribution in [0.15, 0.2) is 0 Å². The molecular formula is C15H26ClN3. The number of nitrogens with one attached hydrogen (secondary N) is 1. The number of aryl methyl sites for hydroxylation is 2. The number of hydrogen-bond acceptors (Lipinski definition) is 2. The lowest BCUT2D eigenvalue weighted by Gasteiger charge is -2.23. The molecule has 0 spiro atoms. The van der Waals surface area contributed by atoms with E-state index in [1.165, 1.54) is 31.4 Å². The summed E-state index contributed by atoms with van der Waals surface area (Å²) >= 11 is 6.51. The molecule has 1 heterocycles. The number of aromatic nitrogens is 2. The molecule has 4 heteroatoms. The summed E-state index contributed by atoms with van der Waals surface area (Å²) in [5, 5.41) is 9.01. The van der Waals surface area contributed by atoms with Gasteiger partial charge in [0.1, 0.15) is 0 Å². The van der Waals surface area contributed by atoms with Gasteiger partial charge < -0.3 is 5.32 Å². The van der Waals surface area contributed by atoms with E-state index in [-0.39, 0.29) is 0 Å². The Kier molecular flexibility index (Phi) is 5.28. The predicted molar refractivity (Wildman–Crippen MR) is 80.8 cm³/mol. The highest BCUT2D eigenvalue weighted by Crippen LogP contribution is 2.31. The van der Waals surface area contributed by atoms with Crippen LogP contribution in [-0.4, -0.2) is 22.9 Å². The molecule has 1 N–H and O–H groups in total. The Balaban J connectivity index is 2.18. The molecule has 1 aliphatic carbocycles. The number of likely N-dealkylation sites (N-methyl/N-ethyl adjacent to an activating group) is 1. The predicted octanol–water partition coefficient (Wildman–Crippen LogP) is 3.44. The van der Waals surface area contributed by atoms with Crippen molar-refractivity contribution in [2.45, 2.75) is 65.0 Å². The van der Waals surface area contributed by atoms with Crippen molar-refractivity contribution in [3.05, 3.63) is 16.4 Å².